The molecule has 1 fully saturated rings. The van der Waals surface area contributed by atoms with Crippen molar-refractivity contribution in [3.05, 3.63) is 12.0 Å². The van der Waals surface area contributed by atoms with E-state index in [2.05, 4.69) is 9.97 Å². The van der Waals surface area contributed by atoms with Crippen LogP contribution in [0.4, 0.5) is 0 Å². The second kappa shape index (κ2) is 4.69. The standard InChI is InChI=1S/C10H15N3O4S/c1-7-11-5-9(12-7)18(16,17)13-4-2-3-8(6-13)10(14)15/h5,8H,2-4,6H2,1H3,(H,11,12)(H,14,15). The predicted octanol–water partition coefficient (Wildman–Crippen LogP) is 0.203. The Bertz CT molecular complexity index is 551. The summed E-state index contributed by atoms with van der Waals surface area (Å²) in [4.78, 5) is 17.4. The van der Waals surface area contributed by atoms with E-state index >= 15 is 0 Å². The Kier molecular flexibility index (Phi) is 3.40. The Morgan fingerprint density at radius 2 is 2.33 bits per heavy atom. The molecule has 0 radical (unpaired) electrons. The molecular formula is C10H15N3O4S. The number of hydrogen-bond donors (Lipinski definition) is 2. The number of rotatable bonds is 3. The molecule has 0 saturated carbocycles. The van der Waals surface area contributed by atoms with Gasteiger partial charge in [-0.05, 0) is 19.8 Å². The molecule has 1 aliphatic rings. The van der Waals surface area contributed by atoms with Crippen LogP contribution in [0, 0.1) is 12.8 Å². The van der Waals surface area contributed by atoms with Crippen molar-refractivity contribution in [3.8, 4) is 0 Å². The summed E-state index contributed by atoms with van der Waals surface area (Å²) in [5.41, 5.74) is 0. The number of imidazole rings is 1. The first-order valence-electron chi connectivity index (χ1n) is 5.66. The molecule has 0 bridgehead atoms. The second-order valence-corrected chi connectivity index (χ2v) is 6.28. The van der Waals surface area contributed by atoms with Crippen LogP contribution in [-0.2, 0) is 14.8 Å². The molecule has 2 rings (SSSR count). The normalized spacial score (nSPS) is 21.9. The van der Waals surface area contributed by atoms with Gasteiger partial charge in [0.2, 0.25) is 0 Å². The first-order chi connectivity index (χ1) is 8.41. The number of aromatic amines is 1. The zero-order valence-corrected chi connectivity index (χ0v) is 10.8. The van der Waals surface area contributed by atoms with Crippen LogP contribution in [0.15, 0.2) is 11.2 Å². The minimum absolute atomic E-state index is 0.0195. The molecule has 1 atom stereocenters. The average Bonchev–Trinajstić information content (AvgIpc) is 2.77. The fourth-order valence-electron chi connectivity index (χ4n) is 2.03. The van der Waals surface area contributed by atoms with Crippen LogP contribution in [0.2, 0.25) is 0 Å². The lowest BCUT2D eigenvalue weighted by molar-refractivity contribution is -0.142. The number of aliphatic carboxylic acids is 1. The van der Waals surface area contributed by atoms with Crippen molar-refractivity contribution in [2.75, 3.05) is 13.1 Å². The first-order valence-corrected chi connectivity index (χ1v) is 7.10. The molecule has 1 aromatic heterocycles. The highest BCUT2D eigenvalue weighted by atomic mass is 32.2. The molecule has 0 spiro atoms. The van der Waals surface area contributed by atoms with E-state index < -0.39 is 21.9 Å². The molecule has 2 N–H and O–H groups in total. The van der Waals surface area contributed by atoms with E-state index in [0.29, 0.717) is 25.2 Å². The monoisotopic (exact) mass is 273 g/mol. The van der Waals surface area contributed by atoms with Crippen LogP contribution in [0.3, 0.4) is 0 Å². The van der Waals surface area contributed by atoms with Crippen molar-refractivity contribution in [3.63, 3.8) is 0 Å². The zero-order chi connectivity index (χ0) is 13.3. The molecule has 0 aliphatic carbocycles. The maximum absolute atomic E-state index is 12.2. The predicted molar refractivity (Wildman–Crippen MR) is 62.4 cm³/mol. The summed E-state index contributed by atoms with van der Waals surface area (Å²) in [5.74, 6) is -1.06. The van der Waals surface area contributed by atoms with E-state index in [4.69, 9.17) is 5.11 Å². The number of H-pyrrole nitrogens is 1. The molecule has 0 aromatic carbocycles. The number of hydrogen-bond acceptors (Lipinski definition) is 4. The Morgan fingerprint density at radius 3 is 2.89 bits per heavy atom. The van der Waals surface area contributed by atoms with Crippen molar-refractivity contribution in [1.29, 1.82) is 0 Å². The molecule has 8 heteroatoms. The highest BCUT2D eigenvalue weighted by Gasteiger charge is 2.34. The van der Waals surface area contributed by atoms with Gasteiger partial charge in [-0.15, -0.1) is 0 Å². The highest BCUT2D eigenvalue weighted by molar-refractivity contribution is 7.89. The third-order valence-electron chi connectivity index (χ3n) is 3.03. The quantitative estimate of drug-likeness (QED) is 0.819. The van der Waals surface area contributed by atoms with Crippen LogP contribution in [0.1, 0.15) is 18.7 Å². The van der Waals surface area contributed by atoms with Gasteiger partial charge in [-0.3, -0.25) is 4.79 Å². The lowest BCUT2D eigenvalue weighted by Crippen LogP contribution is -2.42. The van der Waals surface area contributed by atoms with Gasteiger partial charge in [0, 0.05) is 13.1 Å². The summed E-state index contributed by atoms with van der Waals surface area (Å²) >= 11 is 0. The Morgan fingerprint density at radius 1 is 1.61 bits per heavy atom. The number of aryl methyl sites for hydroxylation is 1. The van der Waals surface area contributed by atoms with E-state index in [1.54, 1.807) is 6.92 Å². The van der Waals surface area contributed by atoms with Crippen molar-refractivity contribution in [2.24, 2.45) is 5.92 Å². The summed E-state index contributed by atoms with van der Waals surface area (Å²) in [6.45, 7) is 2.04. The summed E-state index contributed by atoms with van der Waals surface area (Å²) in [5, 5.41) is 8.97. The van der Waals surface area contributed by atoms with Crippen LogP contribution in [0.5, 0.6) is 0 Å². The Labute approximate surface area is 105 Å². The molecular weight excluding hydrogens is 258 g/mol. The van der Waals surface area contributed by atoms with Crippen molar-refractivity contribution < 1.29 is 18.3 Å². The molecule has 2 heterocycles. The minimum atomic E-state index is -3.66. The third kappa shape index (κ3) is 2.39. The number of carboxylic acid groups (broad SMARTS) is 1. The molecule has 18 heavy (non-hydrogen) atoms. The number of piperidine rings is 1. The summed E-state index contributed by atoms with van der Waals surface area (Å²) in [6.07, 6.45) is 2.34. The van der Waals surface area contributed by atoms with Gasteiger partial charge < -0.3 is 10.1 Å². The van der Waals surface area contributed by atoms with E-state index in [1.165, 1.54) is 10.5 Å². The number of nitrogens with zero attached hydrogens (tertiary/aromatic N) is 2. The lowest BCUT2D eigenvalue weighted by atomic mass is 10.0. The molecule has 100 valence electrons. The number of sulfonamides is 1. The fraction of sp³-hybridized carbons (Fsp3) is 0.600. The van der Waals surface area contributed by atoms with Gasteiger partial charge >= 0.3 is 5.97 Å². The molecule has 1 aromatic rings. The van der Waals surface area contributed by atoms with Gasteiger partial charge in [0.05, 0.1) is 12.1 Å². The average molecular weight is 273 g/mol. The Hall–Kier alpha value is -1.41. The first kappa shape index (κ1) is 13.0. The van der Waals surface area contributed by atoms with Crippen molar-refractivity contribution in [1.82, 2.24) is 14.3 Å². The summed E-state index contributed by atoms with van der Waals surface area (Å²) in [7, 11) is -3.66. The summed E-state index contributed by atoms with van der Waals surface area (Å²) < 4.78 is 25.7. The molecule has 7 nitrogen and oxygen atoms in total. The van der Waals surface area contributed by atoms with E-state index in [1.807, 2.05) is 0 Å². The number of carbonyl (C=O) groups is 1. The second-order valence-electron chi connectivity index (χ2n) is 4.37. The van der Waals surface area contributed by atoms with Gasteiger partial charge in [0.15, 0.2) is 5.03 Å². The van der Waals surface area contributed by atoms with Crippen LogP contribution >= 0.6 is 0 Å². The minimum Gasteiger partial charge on any atom is -0.481 e. The number of nitrogens with one attached hydrogen (secondary N) is 1. The SMILES string of the molecule is Cc1ncc(S(=O)(=O)N2CCCC(C(=O)O)C2)[nH]1. The van der Waals surface area contributed by atoms with E-state index in [0.717, 1.165) is 0 Å². The largest absolute Gasteiger partial charge is 0.481 e. The third-order valence-corrected chi connectivity index (χ3v) is 4.81. The molecule has 1 aliphatic heterocycles. The fourth-order valence-corrected chi connectivity index (χ4v) is 3.52. The lowest BCUT2D eigenvalue weighted by Gasteiger charge is -2.29. The van der Waals surface area contributed by atoms with Crippen molar-refractivity contribution in [2.45, 2.75) is 24.8 Å². The Balaban J connectivity index is 2.22. The van der Waals surface area contributed by atoms with Crippen molar-refractivity contribution >= 4 is 16.0 Å². The zero-order valence-electron chi connectivity index (χ0n) is 9.96. The number of carboxylic acids is 1. The molecule has 1 saturated heterocycles. The maximum atomic E-state index is 12.2. The molecule has 0 amide bonds. The van der Waals surface area contributed by atoms with Crippen LogP contribution < -0.4 is 0 Å². The van der Waals surface area contributed by atoms with Crippen LogP contribution in [-0.4, -0.2) is 46.9 Å². The molecule has 1 unspecified atom stereocenters. The van der Waals surface area contributed by atoms with Gasteiger partial charge in [-0.25, -0.2) is 13.4 Å². The smallest absolute Gasteiger partial charge is 0.307 e. The van der Waals surface area contributed by atoms with E-state index in [9.17, 15) is 13.2 Å². The maximum Gasteiger partial charge on any atom is 0.307 e. The van der Waals surface area contributed by atoms with E-state index in [-0.39, 0.29) is 11.6 Å². The van der Waals surface area contributed by atoms with Gasteiger partial charge in [-0.2, -0.15) is 4.31 Å². The summed E-state index contributed by atoms with van der Waals surface area (Å²) in [6, 6.07) is 0. The van der Waals surface area contributed by atoms with Gasteiger partial charge in [0.1, 0.15) is 5.82 Å². The van der Waals surface area contributed by atoms with Gasteiger partial charge in [0.25, 0.3) is 10.0 Å². The van der Waals surface area contributed by atoms with Crippen LogP contribution in [0.25, 0.3) is 0 Å². The number of aromatic nitrogens is 2. The highest BCUT2D eigenvalue weighted by Crippen LogP contribution is 2.22. The topological polar surface area (TPSA) is 103 Å². The van der Waals surface area contributed by atoms with Gasteiger partial charge in [-0.1, -0.05) is 0 Å².